The molecule has 3 heterocycles. The van der Waals surface area contributed by atoms with Gasteiger partial charge in [0.15, 0.2) is 0 Å². The molecule has 0 atom stereocenters. The van der Waals surface area contributed by atoms with Crippen LogP contribution in [0.3, 0.4) is 0 Å². The van der Waals surface area contributed by atoms with Gasteiger partial charge in [0.05, 0.1) is 16.9 Å². The lowest BCUT2D eigenvalue weighted by molar-refractivity contribution is -0.118. The Hall–Kier alpha value is -2.54. The summed E-state index contributed by atoms with van der Waals surface area (Å²) < 4.78 is 5.48. The van der Waals surface area contributed by atoms with Gasteiger partial charge in [-0.1, -0.05) is 11.6 Å². The number of nitrogens with zero attached hydrogens (tertiary/aromatic N) is 3. The second kappa shape index (κ2) is 7.76. The van der Waals surface area contributed by atoms with Gasteiger partial charge in [-0.3, -0.25) is 9.89 Å². The monoisotopic (exact) mass is 470 g/mol. The lowest BCUT2D eigenvalue weighted by atomic mass is 9.56. The molecular weight excluding hydrogens is 440 g/mol. The third kappa shape index (κ3) is 4.01. The fourth-order valence-electron chi connectivity index (χ4n) is 5.69. The van der Waals surface area contributed by atoms with Gasteiger partial charge in [-0.15, -0.1) is 0 Å². The number of carbonyl (C=O) groups is 2. The quantitative estimate of drug-likeness (QED) is 0.696. The van der Waals surface area contributed by atoms with Crippen molar-refractivity contribution in [3.05, 3.63) is 34.5 Å². The van der Waals surface area contributed by atoms with Crippen molar-refractivity contribution in [1.82, 2.24) is 15.1 Å². The minimum absolute atomic E-state index is 0.119. The van der Waals surface area contributed by atoms with Crippen LogP contribution >= 0.6 is 11.6 Å². The van der Waals surface area contributed by atoms with Gasteiger partial charge in [-0.25, -0.2) is 4.79 Å². The number of likely N-dealkylation sites (tertiary alicyclic amines) is 1. The van der Waals surface area contributed by atoms with Gasteiger partial charge < -0.3 is 14.5 Å². The number of rotatable bonds is 3. The molecule has 176 valence electrons. The summed E-state index contributed by atoms with van der Waals surface area (Å²) >= 11 is 6.82. The van der Waals surface area contributed by atoms with Crippen molar-refractivity contribution in [2.45, 2.75) is 58.5 Å². The number of hydrogen-bond acceptors (Lipinski definition) is 4. The molecule has 0 radical (unpaired) electrons. The summed E-state index contributed by atoms with van der Waals surface area (Å²) in [6.45, 7) is 7.28. The molecule has 1 aliphatic carbocycles. The number of hydrogen-bond donors (Lipinski definition) is 1. The number of H-pyrrole nitrogens is 1. The van der Waals surface area contributed by atoms with E-state index in [9.17, 15) is 9.59 Å². The molecule has 1 saturated carbocycles. The lowest BCUT2D eigenvalue weighted by Crippen LogP contribution is -2.64. The number of fused-ring (bicyclic) bond motifs is 1. The van der Waals surface area contributed by atoms with Gasteiger partial charge >= 0.3 is 6.09 Å². The number of aromatic nitrogens is 2. The fraction of sp³-hybridized carbons (Fsp3) is 0.560. The van der Waals surface area contributed by atoms with Crippen molar-refractivity contribution in [2.75, 3.05) is 25.0 Å². The van der Waals surface area contributed by atoms with E-state index in [2.05, 4.69) is 10.2 Å². The van der Waals surface area contributed by atoms with Crippen LogP contribution in [0.5, 0.6) is 0 Å². The van der Waals surface area contributed by atoms with E-state index in [1.165, 1.54) is 5.56 Å². The first-order chi connectivity index (χ1) is 15.6. The van der Waals surface area contributed by atoms with Crippen LogP contribution in [0.2, 0.25) is 5.02 Å². The number of benzene rings is 1. The molecule has 1 saturated heterocycles. The Kier molecular flexibility index (Phi) is 5.23. The molecule has 7 nitrogen and oxygen atoms in total. The van der Waals surface area contributed by atoms with Crippen LogP contribution < -0.4 is 4.90 Å². The molecular formula is C25H31ClN4O3. The molecule has 0 unspecified atom stereocenters. The zero-order valence-corrected chi connectivity index (χ0v) is 20.5. The molecule has 8 heteroatoms. The number of halogens is 1. The summed E-state index contributed by atoms with van der Waals surface area (Å²) in [5, 5.41) is 8.17. The van der Waals surface area contributed by atoms with Crippen LogP contribution in [0.15, 0.2) is 18.3 Å². The summed E-state index contributed by atoms with van der Waals surface area (Å²) in [6, 6.07) is 3.97. The summed E-state index contributed by atoms with van der Waals surface area (Å²) in [5.41, 5.74) is 4.79. The van der Waals surface area contributed by atoms with Gasteiger partial charge in [0.1, 0.15) is 5.60 Å². The van der Waals surface area contributed by atoms with Crippen LogP contribution in [0.1, 0.15) is 51.2 Å². The van der Waals surface area contributed by atoms with Crippen molar-refractivity contribution in [3.8, 4) is 11.3 Å². The molecule has 0 bridgehead atoms. The van der Waals surface area contributed by atoms with Gasteiger partial charge in [-0.05, 0) is 75.6 Å². The lowest BCUT2D eigenvalue weighted by Gasteiger charge is -2.58. The summed E-state index contributed by atoms with van der Waals surface area (Å²) in [6.07, 6.45) is 6.00. The van der Waals surface area contributed by atoms with Crippen molar-refractivity contribution < 1.29 is 14.3 Å². The normalized spacial score (nSPS) is 19.8. The summed E-state index contributed by atoms with van der Waals surface area (Å²) in [7, 11) is 1.80. The van der Waals surface area contributed by atoms with E-state index in [1.54, 1.807) is 11.9 Å². The van der Waals surface area contributed by atoms with Crippen LogP contribution in [0, 0.1) is 11.3 Å². The maximum atomic E-state index is 12.2. The highest BCUT2D eigenvalue weighted by Crippen LogP contribution is 2.53. The van der Waals surface area contributed by atoms with E-state index < -0.39 is 5.60 Å². The predicted octanol–water partition coefficient (Wildman–Crippen LogP) is 4.83. The topological polar surface area (TPSA) is 78.5 Å². The van der Waals surface area contributed by atoms with Crippen molar-refractivity contribution >= 4 is 29.3 Å². The Bertz CT molecular complexity index is 1110. The first-order valence-corrected chi connectivity index (χ1v) is 12.0. The minimum Gasteiger partial charge on any atom is -0.444 e. The van der Waals surface area contributed by atoms with Gasteiger partial charge in [0.25, 0.3) is 0 Å². The van der Waals surface area contributed by atoms with Crippen LogP contribution in [-0.4, -0.2) is 52.8 Å². The number of aromatic amines is 1. The average molecular weight is 471 g/mol. The molecule has 2 amide bonds. The number of nitrogens with one attached hydrogen (secondary N) is 1. The van der Waals surface area contributed by atoms with Crippen LogP contribution in [0.4, 0.5) is 10.5 Å². The average Bonchev–Trinajstić information content (AvgIpc) is 3.12. The molecule has 1 spiro atoms. The maximum absolute atomic E-state index is 12.2. The molecule has 1 aromatic carbocycles. The maximum Gasteiger partial charge on any atom is 0.410 e. The molecule has 1 N–H and O–H groups in total. The predicted molar refractivity (Wildman–Crippen MR) is 127 cm³/mol. The van der Waals surface area contributed by atoms with Crippen LogP contribution in [0.25, 0.3) is 11.3 Å². The Morgan fingerprint density at radius 2 is 2.00 bits per heavy atom. The third-order valence-corrected chi connectivity index (χ3v) is 7.62. The number of amides is 2. The molecule has 3 aliphatic rings. The zero-order chi connectivity index (χ0) is 23.5. The largest absolute Gasteiger partial charge is 0.444 e. The Morgan fingerprint density at radius 3 is 2.70 bits per heavy atom. The molecule has 33 heavy (non-hydrogen) atoms. The zero-order valence-electron chi connectivity index (χ0n) is 19.7. The Morgan fingerprint density at radius 1 is 1.27 bits per heavy atom. The summed E-state index contributed by atoms with van der Waals surface area (Å²) in [5.74, 6) is 0.691. The van der Waals surface area contributed by atoms with Crippen LogP contribution in [-0.2, 0) is 22.4 Å². The first-order valence-electron chi connectivity index (χ1n) is 11.6. The van der Waals surface area contributed by atoms with E-state index in [1.807, 2.05) is 44.0 Å². The third-order valence-electron chi connectivity index (χ3n) is 7.19. The number of anilines is 1. The van der Waals surface area contributed by atoms with Gasteiger partial charge in [0.2, 0.25) is 5.91 Å². The Labute approximate surface area is 199 Å². The van der Waals surface area contributed by atoms with E-state index in [0.717, 1.165) is 54.9 Å². The first kappa shape index (κ1) is 22.3. The van der Waals surface area contributed by atoms with E-state index in [4.69, 9.17) is 16.3 Å². The van der Waals surface area contributed by atoms with Crippen molar-refractivity contribution in [2.24, 2.45) is 11.3 Å². The highest BCUT2D eigenvalue weighted by molar-refractivity contribution is 6.34. The van der Waals surface area contributed by atoms with E-state index >= 15 is 0 Å². The van der Waals surface area contributed by atoms with Crippen molar-refractivity contribution in [1.29, 1.82) is 0 Å². The number of carbonyl (C=O) groups excluding carboxylic acids is 2. The van der Waals surface area contributed by atoms with E-state index in [0.29, 0.717) is 23.8 Å². The molecule has 2 aromatic rings. The highest BCUT2D eigenvalue weighted by Gasteiger charge is 2.54. The minimum atomic E-state index is -0.456. The van der Waals surface area contributed by atoms with Gasteiger partial charge in [0, 0.05) is 43.2 Å². The second-order valence-corrected chi connectivity index (χ2v) is 11.3. The van der Waals surface area contributed by atoms with E-state index in [-0.39, 0.29) is 17.4 Å². The standard InChI is InChI=1S/C25H31ClN4O3/c1-24(2,3)33-23(32)30-13-25(14-30)10-15(11-25)9-16-12-27-28-22(16)18-5-7-19-17(21(18)26)6-8-20(31)29(19)4/h5,7,12,15H,6,8-11,13-14H2,1-4H3,(H,27,28). The molecule has 5 rings (SSSR count). The van der Waals surface area contributed by atoms with Crippen molar-refractivity contribution in [3.63, 3.8) is 0 Å². The molecule has 1 aromatic heterocycles. The second-order valence-electron chi connectivity index (χ2n) is 11.0. The highest BCUT2D eigenvalue weighted by atomic mass is 35.5. The Balaban J connectivity index is 1.23. The smallest absolute Gasteiger partial charge is 0.410 e. The summed E-state index contributed by atoms with van der Waals surface area (Å²) in [4.78, 5) is 27.8. The molecule has 2 aliphatic heterocycles. The fourth-order valence-corrected chi connectivity index (χ4v) is 6.04. The molecule has 2 fully saturated rings. The SMILES string of the molecule is CN1C(=O)CCc2c1ccc(-c1[nH]ncc1CC1CC3(C1)CN(C(=O)OC(C)(C)C)C3)c2Cl. The number of ether oxygens (including phenoxy) is 1. The van der Waals surface area contributed by atoms with Gasteiger partial charge in [-0.2, -0.15) is 5.10 Å².